The number of amides is 1. The number of carbonyl (C=O) groups excluding carboxylic acids is 1. The summed E-state index contributed by atoms with van der Waals surface area (Å²) in [5.74, 6) is -1.07. The number of hydrogen-bond donors (Lipinski definition) is 2. The van der Waals surface area contributed by atoms with Gasteiger partial charge >= 0.3 is 0 Å². The Morgan fingerprint density at radius 3 is 2.68 bits per heavy atom. The molecule has 3 nitrogen and oxygen atoms in total. The second-order valence-corrected chi connectivity index (χ2v) is 4.53. The number of nitrogens with one attached hydrogen (secondary N) is 1. The van der Waals surface area contributed by atoms with Crippen LogP contribution in [0.5, 0.6) is 0 Å². The first kappa shape index (κ1) is 13.4. The summed E-state index contributed by atoms with van der Waals surface area (Å²) in [6.07, 6.45) is 0. The molecular weight excluding hydrogens is 267 g/mol. The topological polar surface area (TPSA) is 55.1 Å². The summed E-state index contributed by atoms with van der Waals surface area (Å²) in [6, 6.07) is 9.19. The van der Waals surface area contributed by atoms with E-state index in [1.54, 1.807) is 12.1 Å². The molecule has 0 heterocycles. The second kappa shape index (κ2) is 5.28. The van der Waals surface area contributed by atoms with E-state index in [9.17, 15) is 9.18 Å². The molecule has 0 saturated carbocycles. The van der Waals surface area contributed by atoms with E-state index in [0.29, 0.717) is 11.4 Å². The Morgan fingerprint density at radius 1 is 1.32 bits per heavy atom. The molecule has 0 unspecified atom stereocenters. The van der Waals surface area contributed by atoms with Gasteiger partial charge in [-0.1, -0.05) is 23.7 Å². The first-order chi connectivity index (χ1) is 8.99. The monoisotopic (exact) mass is 278 g/mol. The van der Waals surface area contributed by atoms with Crippen molar-refractivity contribution in [1.82, 2.24) is 0 Å². The number of hydrogen-bond acceptors (Lipinski definition) is 2. The minimum Gasteiger partial charge on any atom is -0.397 e. The highest BCUT2D eigenvalue weighted by Crippen LogP contribution is 2.23. The highest BCUT2D eigenvalue weighted by atomic mass is 35.5. The van der Waals surface area contributed by atoms with Gasteiger partial charge in [0, 0.05) is 5.56 Å². The Balaban J connectivity index is 2.28. The predicted octanol–water partition coefficient (Wildman–Crippen LogP) is 3.62. The standard InChI is InChI=1S/C14H12ClFN2O/c1-8-3-2-4-12(17)13(8)18-14(19)9-5-6-10(15)11(16)7-9/h2-7H,17H2,1H3,(H,18,19). The molecular formula is C14H12ClFN2O. The van der Waals surface area contributed by atoms with Gasteiger partial charge in [-0.15, -0.1) is 0 Å². The van der Waals surface area contributed by atoms with E-state index >= 15 is 0 Å². The maximum absolute atomic E-state index is 13.3. The predicted molar refractivity (Wildman–Crippen MR) is 75.0 cm³/mol. The molecule has 0 fully saturated rings. The van der Waals surface area contributed by atoms with E-state index in [2.05, 4.69) is 5.32 Å². The molecule has 2 aromatic rings. The summed E-state index contributed by atoms with van der Waals surface area (Å²) in [5.41, 5.74) is 7.80. The Hall–Kier alpha value is -2.07. The van der Waals surface area contributed by atoms with E-state index in [4.69, 9.17) is 17.3 Å². The molecule has 0 aliphatic carbocycles. The van der Waals surface area contributed by atoms with Crippen LogP contribution in [0.15, 0.2) is 36.4 Å². The Morgan fingerprint density at radius 2 is 2.05 bits per heavy atom. The van der Waals surface area contributed by atoms with Crippen molar-refractivity contribution in [2.75, 3.05) is 11.1 Å². The highest BCUT2D eigenvalue weighted by molar-refractivity contribution is 6.30. The van der Waals surface area contributed by atoms with E-state index < -0.39 is 11.7 Å². The molecule has 0 saturated heterocycles. The van der Waals surface area contributed by atoms with Crippen molar-refractivity contribution in [1.29, 1.82) is 0 Å². The number of benzene rings is 2. The average Bonchev–Trinajstić information content (AvgIpc) is 2.37. The third-order valence-corrected chi connectivity index (χ3v) is 3.03. The number of carbonyl (C=O) groups is 1. The third kappa shape index (κ3) is 2.85. The summed E-state index contributed by atoms with van der Waals surface area (Å²) in [5, 5.41) is 2.65. The van der Waals surface area contributed by atoms with Crippen LogP contribution >= 0.6 is 11.6 Å². The number of nitrogen functional groups attached to an aromatic ring is 1. The van der Waals surface area contributed by atoms with Gasteiger partial charge in [0.15, 0.2) is 0 Å². The molecule has 0 aromatic heterocycles. The molecule has 0 aliphatic heterocycles. The fourth-order valence-electron chi connectivity index (χ4n) is 1.68. The smallest absolute Gasteiger partial charge is 0.255 e. The second-order valence-electron chi connectivity index (χ2n) is 4.12. The molecule has 3 N–H and O–H groups in total. The molecule has 98 valence electrons. The lowest BCUT2D eigenvalue weighted by Crippen LogP contribution is -2.14. The first-order valence-electron chi connectivity index (χ1n) is 5.60. The zero-order valence-corrected chi connectivity index (χ0v) is 11.0. The minimum absolute atomic E-state index is 0.0213. The van der Waals surface area contributed by atoms with Crippen LogP contribution in [0, 0.1) is 12.7 Å². The number of nitrogens with two attached hydrogens (primary N) is 1. The van der Waals surface area contributed by atoms with Gasteiger partial charge in [-0.25, -0.2) is 4.39 Å². The molecule has 0 atom stereocenters. The highest BCUT2D eigenvalue weighted by Gasteiger charge is 2.11. The number of para-hydroxylation sites is 1. The number of halogens is 2. The SMILES string of the molecule is Cc1cccc(N)c1NC(=O)c1ccc(Cl)c(F)c1. The van der Waals surface area contributed by atoms with Crippen LogP contribution in [0.4, 0.5) is 15.8 Å². The first-order valence-corrected chi connectivity index (χ1v) is 5.98. The van der Waals surface area contributed by atoms with Gasteiger partial charge < -0.3 is 11.1 Å². The maximum Gasteiger partial charge on any atom is 0.255 e. The van der Waals surface area contributed by atoms with Gasteiger partial charge in [0.25, 0.3) is 5.91 Å². The van der Waals surface area contributed by atoms with Gasteiger partial charge in [-0.3, -0.25) is 4.79 Å². The van der Waals surface area contributed by atoms with Gasteiger partial charge in [0.05, 0.1) is 16.4 Å². The van der Waals surface area contributed by atoms with Crippen LogP contribution in [-0.2, 0) is 0 Å². The molecule has 19 heavy (non-hydrogen) atoms. The average molecular weight is 279 g/mol. The van der Waals surface area contributed by atoms with Crippen molar-refractivity contribution in [2.45, 2.75) is 6.92 Å². The largest absolute Gasteiger partial charge is 0.397 e. The van der Waals surface area contributed by atoms with E-state index in [1.807, 2.05) is 13.0 Å². The van der Waals surface area contributed by atoms with Crippen LogP contribution in [0.3, 0.4) is 0 Å². The maximum atomic E-state index is 13.3. The summed E-state index contributed by atoms with van der Waals surface area (Å²) >= 11 is 5.57. The van der Waals surface area contributed by atoms with Gasteiger partial charge in [0.2, 0.25) is 0 Å². The lowest BCUT2D eigenvalue weighted by Gasteiger charge is -2.11. The van der Waals surface area contributed by atoms with E-state index in [1.165, 1.54) is 12.1 Å². The lowest BCUT2D eigenvalue weighted by molar-refractivity contribution is 0.102. The van der Waals surface area contributed by atoms with Crippen molar-refractivity contribution < 1.29 is 9.18 Å². The molecule has 0 aliphatic rings. The molecule has 1 amide bonds. The Bertz CT molecular complexity index is 623. The van der Waals surface area contributed by atoms with Crippen LogP contribution in [-0.4, -0.2) is 5.91 Å². The quantitative estimate of drug-likeness (QED) is 0.824. The zero-order chi connectivity index (χ0) is 14.0. The van der Waals surface area contributed by atoms with Crippen LogP contribution in [0.25, 0.3) is 0 Å². The summed E-state index contributed by atoms with van der Waals surface area (Å²) in [6.45, 7) is 1.83. The molecule has 2 aromatic carbocycles. The molecule has 2 rings (SSSR count). The van der Waals surface area contributed by atoms with Gasteiger partial charge in [-0.2, -0.15) is 0 Å². The summed E-state index contributed by atoms with van der Waals surface area (Å²) < 4.78 is 13.3. The fraction of sp³-hybridized carbons (Fsp3) is 0.0714. The minimum atomic E-state index is -0.632. The van der Waals surface area contributed by atoms with E-state index in [0.717, 1.165) is 11.6 Å². The molecule has 0 spiro atoms. The number of anilines is 2. The van der Waals surface area contributed by atoms with Crippen LogP contribution in [0.1, 0.15) is 15.9 Å². The van der Waals surface area contributed by atoms with Crippen LogP contribution in [0.2, 0.25) is 5.02 Å². The van der Waals surface area contributed by atoms with Crippen molar-refractivity contribution in [3.8, 4) is 0 Å². The summed E-state index contributed by atoms with van der Waals surface area (Å²) in [7, 11) is 0. The van der Waals surface area contributed by atoms with Crippen molar-refractivity contribution in [3.63, 3.8) is 0 Å². The molecule has 0 bridgehead atoms. The molecule has 0 radical (unpaired) electrons. The van der Waals surface area contributed by atoms with Crippen molar-refractivity contribution in [2.24, 2.45) is 0 Å². The third-order valence-electron chi connectivity index (χ3n) is 2.73. The van der Waals surface area contributed by atoms with Crippen molar-refractivity contribution in [3.05, 3.63) is 58.4 Å². The van der Waals surface area contributed by atoms with Crippen LogP contribution < -0.4 is 11.1 Å². The fourth-order valence-corrected chi connectivity index (χ4v) is 1.80. The Kier molecular flexibility index (Phi) is 3.71. The zero-order valence-electron chi connectivity index (χ0n) is 10.2. The van der Waals surface area contributed by atoms with Gasteiger partial charge in [0.1, 0.15) is 5.82 Å². The normalized spacial score (nSPS) is 10.3. The molecule has 5 heteroatoms. The van der Waals surface area contributed by atoms with E-state index in [-0.39, 0.29) is 10.6 Å². The number of aryl methyl sites for hydroxylation is 1. The van der Waals surface area contributed by atoms with Gasteiger partial charge in [-0.05, 0) is 36.8 Å². The number of rotatable bonds is 2. The Labute approximate surface area is 115 Å². The van der Waals surface area contributed by atoms with Crippen molar-refractivity contribution >= 4 is 28.9 Å². The summed E-state index contributed by atoms with van der Waals surface area (Å²) in [4.78, 5) is 12.0. The lowest BCUT2D eigenvalue weighted by atomic mass is 10.1.